The molecule has 0 aliphatic heterocycles. The fourth-order valence-corrected chi connectivity index (χ4v) is 5.07. The molecule has 2 aliphatic rings. The molecule has 1 saturated carbocycles. The Hall–Kier alpha value is -2.03. The molecule has 0 radical (unpaired) electrons. The summed E-state index contributed by atoms with van der Waals surface area (Å²) in [6.45, 7) is 13.8. The molecule has 2 aliphatic carbocycles. The average molecular weight is 379 g/mol. The molecule has 0 atom stereocenters. The van der Waals surface area contributed by atoms with Gasteiger partial charge in [0.25, 0.3) is 5.91 Å². The van der Waals surface area contributed by atoms with Crippen LogP contribution < -0.4 is 5.73 Å². The maximum atomic E-state index is 12.0. The second kappa shape index (κ2) is 6.23. The second-order valence-corrected chi connectivity index (χ2v) is 10.2. The summed E-state index contributed by atoms with van der Waals surface area (Å²) in [6.07, 6.45) is 5.78. The minimum Gasteiger partial charge on any atom is -0.366 e. The zero-order chi connectivity index (χ0) is 20.4. The van der Waals surface area contributed by atoms with Crippen LogP contribution in [0.1, 0.15) is 99.1 Å². The van der Waals surface area contributed by atoms with E-state index >= 15 is 0 Å². The lowest BCUT2D eigenvalue weighted by Crippen LogP contribution is -2.34. The highest BCUT2D eigenvalue weighted by Gasteiger charge is 2.38. The van der Waals surface area contributed by atoms with Gasteiger partial charge in [0.1, 0.15) is 0 Å². The number of aryl methyl sites for hydroxylation is 1. The fourth-order valence-electron chi connectivity index (χ4n) is 5.07. The van der Waals surface area contributed by atoms with Gasteiger partial charge >= 0.3 is 0 Å². The molecule has 0 bridgehead atoms. The van der Waals surface area contributed by atoms with E-state index in [-0.39, 0.29) is 16.7 Å². The number of aromatic nitrogens is 1. The van der Waals surface area contributed by atoms with Gasteiger partial charge in [-0.3, -0.25) is 4.79 Å². The number of nitrogens with zero attached hydrogens (tertiary/aromatic N) is 1. The van der Waals surface area contributed by atoms with Gasteiger partial charge in [-0.05, 0) is 78.7 Å². The van der Waals surface area contributed by atoms with E-state index < -0.39 is 0 Å². The molecule has 0 saturated heterocycles. The standard InChI is InChI=1S/C25H34N2O/c1-7-16-12-20-21(25(5,6)11-10-24(20,3)4)13-19(16)22-14-18(23(26)28)15(2)27(22)17-8-9-17/h12-14,17H,7-11H2,1-6H3,(H2,26,28). The van der Waals surface area contributed by atoms with Crippen molar-refractivity contribution in [1.29, 1.82) is 0 Å². The monoisotopic (exact) mass is 378 g/mol. The van der Waals surface area contributed by atoms with Crippen LogP contribution in [0.3, 0.4) is 0 Å². The molecule has 2 N–H and O–H groups in total. The number of rotatable bonds is 4. The van der Waals surface area contributed by atoms with Crippen LogP contribution in [0.2, 0.25) is 0 Å². The Labute approximate surface area is 169 Å². The molecule has 1 aromatic heterocycles. The number of hydrogen-bond donors (Lipinski definition) is 1. The summed E-state index contributed by atoms with van der Waals surface area (Å²) in [5.41, 5.74) is 14.6. The van der Waals surface area contributed by atoms with Gasteiger partial charge in [0, 0.05) is 23.0 Å². The lowest BCUT2D eigenvalue weighted by molar-refractivity contribution is 0.0999. The number of carbonyl (C=O) groups excluding carboxylic acids is 1. The first-order valence-electron chi connectivity index (χ1n) is 10.8. The third kappa shape index (κ3) is 2.91. The van der Waals surface area contributed by atoms with E-state index in [1.807, 2.05) is 13.0 Å². The quantitative estimate of drug-likeness (QED) is 0.717. The summed E-state index contributed by atoms with van der Waals surface area (Å²) in [4.78, 5) is 12.0. The molecule has 2 aromatic rings. The van der Waals surface area contributed by atoms with Crippen LogP contribution in [-0.2, 0) is 17.3 Å². The van der Waals surface area contributed by atoms with Gasteiger partial charge in [-0.25, -0.2) is 0 Å². The number of benzene rings is 1. The normalized spacial score (nSPS) is 20.1. The SMILES string of the molecule is CCc1cc2c(cc1-c1cc(C(N)=O)c(C)n1C1CC1)C(C)(C)CCC2(C)C. The molecule has 1 amide bonds. The van der Waals surface area contributed by atoms with Gasteiger partial charge in [-0.2, -0.15) is 0 Å². The van der Waals surface area contributed by atoms with E-state index in [1.54, 1.807) is 0 Å². The zero-order valence-electron chi connectivity index (χ0n) is 18.3. The van der Waals surface area contributed by atoms with Crippen LogP contribution in [0.4, 0.5) is 0 Å². The molecule has 0 unspecified atom stereocenters. The van der Waals surface area contributed by atoms with Crippen molar-refractivity contribution >= 4 is 5.91 Å². The Morgan fingerprint density at radius 3 is 2.14 bits per heavy atom. The van der Waals surface area contributed by atoms with E-state index in [1.165, 1.54) is 53.6 Å². The number of nitrogens with two attached hydrogens (primary N) is 1. The highest BCUT2D eigenvalue weighted by atomic mass is 16.1. The molecule has 1 heterocycles. The van der Waals surface area contributed by atoms with Crippen LogP contribution in [0.5, 0.6) is 0 Å². The van der Waals surface area contributed by atoms with Crippen molar-refractivity contribution in [2.24, 2.45) is 5.73 Å². The zero-order valence-corrected chi connectivity index (χ0v) is 18.3. The van der Waals surface area contributed by atoms with Crippen LogP contribution in [0, 0.1) is 6.92 Å². The van der Waals surface area contributed by atoms with Crippen LogP contribution >= 0.6 is 0 Å². The summed E-state index contributed by atoms with van der Waals surface area (Å²) in [7, 11) is 0. The molecule has 28 heavy (non-hydrogen) atoms. The van der Waals surface area contributed by atoms with Crippen molar-refractivity contribution in [3.8, 4) is 11.3 Å². The molecule has 0 spiro atoms. The Kier molecular flexibility index (Phi) is 4.30. The van der Waals surface area contributed by atoms with Gasteiger partial charge in [0.15, 0.2) is 0 Å². The maximum absolute atomic E-state index is 12.0. The number of carbonyl (C=O) groups is 1. The van der Waals surface area contributed by atoms with Gasteiger partial charge in [-0.1, -0.05) is 40.7 Å². The first kappa shape index (κ1) is 19.3. The Morgan fingerprint density at radius 1 is 1.07 bits per heavy atom. The van der Waals surface area contributed by atoms with Crippen molar-refractivity contribution in [3.05, 3.63) is 46.1 Å². The fraction of sp³-hybridized carbons (Fsp3) is 0.560. The lowest BCUT2D eigenvalue weighted by atomic mass is 9.62. The molecule has 3 heteroatoms. The summed E-state index contributed by atoms with van der Waals surface area (Å²) >= 11 is 0. The van der Waals surface area contributed by atoms with Gasteiger partial charge < -0.3 is 10.3 Å². The predicted octanol–water partition coefficient (Wildman–Crippen LogP) is 5.81. The lowest BCUT2D eigenvalue weighted by Gasteiger charge is -2.42. The van der Waals surface area contributed by atoms with Crippen LogP contribution in [0.15, 0.2) is 18.2 Å². The number of amides is 1. The highest BCUT2D eigenvalue weighted by molar-refractivity contribution is 5.96. The third-order valence-corrected chi connectivity index (χ3v) is 7.20. The van der Waals surface area contributed by atoms with Gasteiger partial charge in [0.2, 0.25) is 0 Å². The van der Waals surface area contributed by atoms with Crippen molar-refractivity contribution in [1.82, 2.24) is 4.57 Å². The Bertz CT molecular complexity index is 957. The molecule has 1 aromatic carbocycles. The smallest absolute Gasteiger partial charge is 0.250 e. The largest absolute Gasteiger partial charge is 0.366 e. The van der Waals surface area contributed by atoms with Crippen LogP contribution in [0.25, 0.3) is 11.3 Å². The van der Waals surface area contributed by atoms with Gasteiger partial charge in [-0.15, -0.1) is 0 Å². The topological polar surface area (TPSA) is 48.0 Å². The number of primary amides is 1. The minimum absolute atomic E-state index is 0.171. The number of hydrogen-bond acceptors (Lipinski definition) is 1. The minimum atomic E-state index is -0.323. The van der Waals surface area contributed by atoms with Crippen molar-refractivity contribution < 1.29 is 4.79 Å². The summed E-state index contributed by atoms with van der Waals surface area (Å²) in [5.74, 6) is -0.323. The average Bonchev–Trinajstić information content (AvgIpc) is 3.40. The van der Waals surface area contributed by atoms with Crippen LogP contribution in [-0.4, -0.2) is 10.5 Å². The van der Waals surface area contributed by atoms with E-state index in [2.05, 4.69) is 51.3 Å². The maximum Gasteiger partial charge on any atom is 0.250 e. The first-order valence-corrected chi connectivity index (χ1v) is 10.8. The van der Waals surface area contributed by atoms with Crippen molar-refractivity contribution in [3.63, 3.8) is 0 Å². The third-order valence-electron chi connectivity index (χ3n) is 7.20. The molecule has 1 fully saturated rings. The van der Waals surface area contributed by atoms with E-state index in [4.69, 9.17) is 5.73 Å². The predicted molar refractivity (Wildman–Crippen MR) is 116 cm³/mol. The Morgan fingerprint density at radius 2 is 1.64 bits per heavy atom. The Balaban J connectivity index is 2.00. The van der Waals surface area contributed by atoms with Gasteiger partial charge in [0.05, 0.1) is 5.56 Å². The summed E-state index contributed by atoms with van der Waals surface area (Å²) < 4.78 is 2.38. The van der Waals surface area contributed by atoms with E-state index in [9.17, 15) is 4.79 Å². The summed E-state index contributed by atoms with van der Waals surface area (Å²) in [6, 6.07) is 7.44. The molecule has 3 nitrogen and oxygen atoms in total. The van der Waals surface area contributed by atoms with Crippen molar-refractivity contribution in [2.45, 2.75) is 90.5 Å². The van der Waals surface area contributed by atoms with E-state index in [0.29, 0.717) is 11.6 Å². The highest BCUT2D eigenvalue weighted by Crippen LogP contribution is 2.49. The first-order chi connectivity index (χ1) is 13.1. The molecule has 150 valence electrons. The van der Waals surface area contributed by atoms with E-state index in [0.717, 1.165) is 12.1 Å². The summed E-state index contributed by atoms with van der Waals surface area (Å²) in [5, 5.41) is 0. The molecular weight excluding hydrogens is 344 g/mol. The molecular formula is C25H34N2O. The molecule has 4 rings (SSSR count). The van der Waals surface area contributed by atoms with Crippen molar-refractivity contribution in [2.75, 3.05) is 0 Å². The number of fused-ring (bicyclic) bond motifs is 1. The second-order valence-electron chi connectivity index (χ2n) is 10.2.